The van der Waals surface area contributed by atoms with E-state index in [4.69, 9.17) is 0 Å². The fraction of sp³-hybridized carbons (Fsp3) is 0.619. The summed E-state index contributed by atoms with van der Waals surface area (Å²) in [4.78, 5) is 30.9. The number of benzene rings is 1. The van der Waals surface area contributed by atoms with Gasteiger partial charge < -0.3 is 14.7 Å². The van der Waals surface area contributed by atoms with E-state index in [0.29, 0.717) is 13.0 Å². The van der Waals surface area contributed by atoms with E-state index in [-0.39, 0.29) is 17.2 Å². The molecule has 2 rings (SSSR count). The zero-order valence-corrected chi connectivity index (χ0v) is 16.9. The molecule has 0 spiro atoms. The van der Waals surface area contributed by atoms with Crippen LogP contribution in [0.4, 0.5) is 5.69 Å². The summed E-state index contributed by atoms with van der Waals surface area (Å²) in [6.45, 7) is 15.0. The maximum Gasteiger partial charge on any atom is 0.224 e. The first-order valence-corrected chi connectivity index (χ1v) is 9.61. The molecule has 1 aliphatic rings. The maximum atomic E-state index is 12.6. The van der Waals surface area contributed by atoms with Crippen LogP contribution in [-0.2, 0) is 15.0 Å². The van der Waals surface area contributed by atoms with E-state index >= 15 is 0 Å². The monoisotopic (exact) mass is 359 g/mol. The number of nitrogens with zero attached hydrogens (tertiary/aromatic N) is 3. The van der Waals surface area contributed by atoms with Crippen LogP contribution in [-0.4, -0.2) is 60.9 Å². The third kappa shape index (κ3) is 5.07. The predicted octanol–water partition coefficient (Wildman–Crippen LogP) is 2.89. The van der Waals surface area contributed by atoms with E-state index in [1.807, 2.05) is 23.1 Å². The Morgan fingerprint density at radius 2 is 1.69 bits per heavy atom. The summed E-state index contributed by atoms with van der Waals surface area (Å²) in [6.07, 6.45) is 0.365. The molecule has 0 radical (unpaired) electrons. The Morgan fingerprint density at radius 3 is 2.23 bits per heavy atom. The van der Waals surface area contributed by atoms with E-state index in [9.17, 15) is 9.59 Å². The van der Waals surface area contributed by atoms with Gasteiger partial charge in [0.25, 0.3) is 0 Å². The molecule has 0 aliphatic carbocycles. The fourth-order valence-electron chi connectivity index (χ4n) is 3.47. The van der Waals surface area contributed by atoms with Gasteiger partial charge in [-0.2, -0.15) is 0 Å². The molecule has 1 saturated heterocycles. The Morgan fingerprint density at radius 1 is 1.08 bits per heavy atom. The molecule has 1 heterocycles. The Bertz CT molecular complexity index is 628. The molecule has 1 fully saturated rings. The normalized spacial score (nSPS) is 15.8. The van der Waals surface area contributed by atoms with Crippen LogP contribution in [0.5, 0.6) is 0 Å². The molecule has 1 aliphatic heterocycles. The third-order valence-electron chi connectivity index (χ3n) is 5.10. The molecule has 0 N–H and O–H groups in total. The number of amides is 2. The third-order valence-corrected chi connectivity index (χ3v) is 5.10. The predicted molar refractivity (Wildman–Crippen MR) is 106 cm³/mol. The van der Waals surface area contributed by atoms with E-state index in [0.717, 1.165) is 44.0 Å². The molecule has 5 heteroatoms. The molecule has 0 bridgehead atoms. The van der Waals surface area contributed by atoms with Crippen molar-refractivity contribution in [3.63, 3.8) is 0 Å². The van der Waals surface area contributed by atoms with Crippen LogP contribution in [0.1, 0.15) is 46.6 Å². The smallest absolute Gasteiger partial charge is 0.224 e. The van der Waals surface area contributed by atoms with Crippen molar-refractivity contribution in [1.29, 1.82) is 0 Å². The SMILES string of the molecule is CCN1CCN(C(=O)CCN(C(C)=O)c2ccccc2C(C)(C)C)CC1. The summed E-state index contributed by atoms with van der Waals surface area (Å²) in [5.74, 6) is 0.116. The Balaban J connectivity index is 2.06. The second-order valence-electron chi connectivity index (χ2n) is 8.00. The van der Waals surface area contributed by atoms with Gasteiger partial charge in [-0.15, -0.1) is 0 Å². The van der Waals surface area contributed by atoms with Gasteiger partial charge in [0.15, 0.2) is 0 Å². The van der Waals surface area contributed by atoms with Gasteiger partial charge in [0, 0.05) is 51.8 Å². The topological polar surface area (TPSA) is 43.9 Å². The zero-order valence-electron chi connectivity index (χ0n) is 16.9. The van der Waals surface area contributed by atoms with Gasteiger partial charge in [0.05, 0.1) is 0 Å². The standard InChI is InChI=1S/C21H33N3O2/c1-6-22-13-15-23(16-14-22)20(26)11-12-24(17(2)25)19-10-8-7-9-18(19)21(3,4)5/h7-10H,6,11-16H2,1-5H3. The first-order valence-electron chi connectivity index (χ1n) is 9.61. The van der Waals surface area contributed by atoms with Crippen LogP contribution in [0.3, 0.4) is 0 Å². The van der Waals surface area contributed by atoms with E-state index in [1.54, 1.807) is 11.8 Å². The van der Waals surface area contributed by atoms with Crippen LogP contribution in [0.15, 0.2) is 24.3 Å². The number of carbonyl (C=O) groups is 2. The summed E-state index contributed by atoms with van der Waals surface area (Å²) >= 11 is 0. The minimum Gasteiger partial charge on any atom is -0.340 e. The van der Waals surface area contributed by atoms with Gasteiger partial charge in [-0.1, -0.05) is 45.9 Å². The van der Waals surface area contributed by atoms with Crippen molar-refractivity contribution in [3.05, 3.63) is 29.8 Å². The lowest BCUT2D eigenvalue weighted by atomic mass is 9.85. The second kappa shape index (κ2) is 8.67. The van der Waals surface area contributed by atoms with Crippen molar-refractivity contribution < 1.29 is 9.59 Å². The van der Waals surface area contributed by atoms with Crippen molar-refractivity contribution in [1.82, 2.24) is 9.80 Å². The summed E-state index contributed by atoms with van der Waals surface area (Å²) in [6, 6.07) is 8.00. The van der Waals surface area contributed by atoms with Crippen LogP contribution in [0.25, 0.3) is 0 Å². The molecule has 1 aromatic carbocycles. The van der Waals surface area contributed by atoms with Crippen LogP contribution >= 0.6 is 0 Å². The molecule has 26 heavy (non-hydrogen) atoms. The quantitative estimate of drug-likeness (QED) is 0.812. The fourth-order valence-corrected chi connectivity index (χ4v) is 3.47. The second-order valence-corrected chi connectivity index (χ2v) is 8.00. The van der Waals surface area contributed by atoms with Crippen molar-refractivity contribution in [2.45, 2.75) is 46.5 Å². The van der Waals surface area contributed by atoms with Gasteiger partial charge in [0.1, 0.15) is 0 Å². The Labute approximate surface area is 158 Å². The van der Waals surface area contributed by atoms with Gasteiger partial charge in [-0.05, 0) is 23.6 Å². The molecule has 0 unspecified atom stereocenters. The average molecular weight is 360 g/mol. The number of carbonyl (C=O) groups excluding carboxylic acids is 2. The van der Waals surface area contributed by atoms with E-state index < -0.39 is 0 Å². The van der Waals surface area contributed by atoms with Crippen LogP contribution in [0.2, 0.25) is 0 Å². The molecule has 5 nitrogen and oxygen atoms in total. The summed E-state index contributed by atoms with van der Waals surface area (Å²) in [7, 11) is 0. The minimum atomic E-state index is -0.0647. The maximum absolute atomic E-state index is 12.6. The molecule has 1 aromatic rings. The van der Waals surface area contributed by atoms with E-state index in [2.05, 4.69) is 38.7 Å². The molecular formula is C21H33N3O2. The summed E-state index contributed by atoms with van der Waals surface area (Å²) in [5.41, 5.74) is 1.97. The average Bonchev–Trinajstić information content (AvgIpc) is 2.61. The molecule has 0 atom stereocenters. The molecule has 0 aromatic heterocycles. The Hall–Kier alpha value is -1.88. The lowest BCUT2D eigenvalue weighted by Gasteiger charge is -2.35. The lowest BCUT2D eigenvalue weighted by Crippen LogP contribution is -2.49. The van der Waals surface area contributed by atoms with Crippen LogP contribution < -0.4 is 4.90 Å². The number of hydrogen-bond acceptors (Lipinski definition) is 3. The van der Waals surface area contributed by atoms with E-state index in [1.165, 1.54) is 0 Å². The molecular weight excluding hydrogens is 326 g/mol. The summed E-state index contributed by atoms with van der Waals surface area (Å²) in [5, 5.41) is 0. The highest BCUT2D eigenvalue weighted by Crippen LogP contribution is 2.32. The van der Waals surface area contributed by atoms with Crippen LogP contribution in [0, 0.1) is 0 Å². The summed E-state index contributed by atoms with van der Waals surface area (Å²) < 4.78 is 0. The van der Waals surface area contributed by atoms with Crippen molar-refractivity contribution in [3.8, 4) is 0 Å². The Kier molecular flexibility index (Phi) is 6.81. The molecule has 0 saturated carbocycles. The number of piperazine rings is 1. The van der Waals surface area contributed by atoms with Gasteiger partial charge >= 0.3 is 0 Å². The van der Waals surface area contributed by atoms with Gasteiger partial charge in [0.2, 0.25) is 11.8 Å². The van der Waals surface area contributed by atoms with Crippen molar-refractivity contribution >= 4 is 17.5 Å². The largest absolute Gasteiger partial charge is 0.340 e. The highest BCUT2D eigenvalue weighted by atomic mass is 16.2. The first kappa shape index (κ1) is 20.4. The number of anilines is 1. The highest BCUT2D eigenvalue weighted by molar-refractivity contribution is 5.93. The molecule has 144 valence electrons. The highest BCUT2D eigenvalue weighted by Gasteiger charge is 2.25. The lowest BCUT2D eigenvalue weighted by molar-refractivity contribution is -0.132. The van der Waals surface area contributed by atoms with Crippen molar-refractivity contribution in [2.24, 2.45) is 0 Å². The number of likely N-dealkylation sites (N-methyl/N-ethyl adjacent to an activating group) is 1. The van der Waals surface area contributed by atoms with Gasteiger partial charge in [-0.25, -0.2) is 0 Å². The number of para-hydroxylation sites is 1. The minimum absolute atomic E-state index is 0.0229. The van der Waals surface area contributed by atoms with Crippen molar-refractivity contribution in [2.75, 3.05) is 44.2 Å². The molecule has 2 amide bonds. The zero-order chi connectivity index (χ0) is 19.3. The van der Waals surface area contributed by atoms with Gasteiger partial charge in [-0.3, -0.25) is 9.59 Å². The first-order chi connectivity index (χ1) is 12.2. The number of rotatable bonds is 5. The number of hydrogen-bond donors (Lipinski definition) is 0.